The van der Waals surface area contributed by atoms with E-state index in [1.165, 1.54) is 24.0 Å². The maximum atomic E-state index is 5.44. The highest BCUT2D eigenvalue weighted by molar-refractivity contribution is 7.99. The van der Waals surface area contributed by atoms with E-state index in [1.807, 2.05) is 0 Å². The molecule has 0 aromatic heterocycles. The summed E-state index contributed by atoms with van der Waals surface area (Å²) < 4.78 is 0. The van der Waals surface area contributed by atoms with Crippen LogP contribution in [0.5, 0.6) is 0 Å². The van der Waals surface area contributed by atoms with E-state index in [0.29, 0.717) is 0 Å². The lowest BCUT2D eigenvalue weighted by Gasteiger charge is -2.26. The lowest BCUT2D eigenvalue weighted by atomic mass is 10.5. The fraction of sp³-hybridized carbons (Fsp3) is 1.00. The Hall–Kier alpha value is 0.527. The van der Waals surface area contributed by atoms with Gasteiger partial charge in [0.1, 0.15) is 0 Å². The molecule has 0 radical (unpaired) electrons. The summed E-state index contributed by atoms with van der Waals surface area (Å²) in [5.74, 6) is 2.59. The van der Waals surface area contributed by atoms with Gasteiger partial charge in [0.05, 0.1) is 8.07 Å². The van der Waals surface area contributed by atoms with Crippen molar-refractivity contribution < 1.29 is 0 Å². The van der Waals surface area contributed by atoms with Crippen molar-refractivity contribution in [3.05, 3.63) is 0 Å². The molecule has 1 nitrogen and oxygen atoms in total. The molecule has 0 aliphatic heterocycles. The number of hydrogen-bond donors (Lipinski definition) is 1. The molecule has 0 aromatic carbocycles. The topological polar surface area (TPSA) is 26.0 Å². The molecule has 0 bridgehead atoms. The molecule has 13 heavy (non-hydrogen) atoms. The van der Waals surface area contributed by atoms with Crippen molar-refractivity contribution in [1.29, 1.82) is 0 Å². The zero-order chi connectivity index (χ0) is 10.3. The minimum absolute atomic E-state index is 0.845. The van der Waals surface area contributed by atoms with Gasteiger partial charge in [-0.15, -0.1) is 0 Å². The fourth-order valence-corrected chi connectivity index (χ4v) is 4.75. The van der Waals surface area contributed by atoms with Crippen molar-refractivity contribution in [2.75, 3.05) is 18.1 Å². The maximum Gasteiger partial charge on any atom is 0.0507 e. The second kappa shape index (κ2) is 6.90. The van der Waals surface area contributed by atoms with Crippen LogP contribution in [-0.4, -0.2) is 26.1 Å². The van der Waals surface area contributed by atoms with Gasteiger partial charge in [0.15, 0.2) is 0 Å². The van der Waals surface area contributed by atoms with Gasteiger partial charge in [-0.3, -0.25) is 0 Å². The standard InChI is InChI=1S/C10H25NSSi/c1-10(2)13(3,4)9-8-12-7-5-6-11/h10H,5-9,11H2,1-4H3. The largest absolute Gasteiger partial charge is 0.330 e. The van der Waals surface area contributed by atoms with Crippen molar-refractivity contribution in [3.8, 4) is 0 Å². The summed E-state index contributed by atoms with van der Waals surface area (Å²) in [6.45, 7) is 10.6. The molecule has 80 valence electrons. The summed E-state index contributed by atoms with van der Waals surface area (Å²) in [5.41, 5.74) is 6.36. The minimum atomic E-state index is -0.893. The van der Waals surface area contributed by atoms with Crippen molar-refractivity contribution in [1.82, 2.24) is 0 Å². The Morgan fingerprint density at radius 2 is 1.85 bits per heavy atom. The van der Waals surface area contributed by atoms with Gasteiger partial charge in [-0.1, -0.05) is 32.5 Å². The third-order valence-electron chi connectivity index (χ3n) is 2.95. The van der Waals surface area contributed by atoms with Gasteiger partial charge >= 0.3 is 0 Å². The third-order valence-corrected chi connectivity index (χ3v) is 9.04. The predicted octanol–water partition coefficient (Wildman–Crippen LogP) is 3.19. The molecule has 0 amide bonds. The van der Waals surface area contributed by atoms with E-state index in [2.05, 4.69) is 38.7 Å². The molecule has 3 heteroatoms. The molecule has 0 aliphatic carbocycles. The van der Waals surface area contributed by atoms with E-state index < -0.39 is 8.07 Å². The van der Waals surface area contributed by atoms with Crippen LogP contribution in [0.2, 0.25) is 24.7 Å². The fourth-order valence-electron chi connectivity index (χ4n) is 0.911. The van der Waals surface area contributed by atoms with Gasteiger partial charge in [0, 0.05) is 0 Å². The molecule has 0 saturated heterocycles. The number of hydrogen-bond acceptors (Lipinski definition) is 2. The van der Waals surface area contributed by atoms with Gasteiger partial charge in [0.2, 0.25) is 0 Å². The van der Waals surface area contributed by atoms with E-state index in [4.69, 9.17) is 5.73 Å². The van der Waals surface area contributed by atoms with Crippen molar-refractivity contribution >= 4 is 19.8 Å². The molecule has 0 aliphatic rings. The van der Waals surface area contributed by atoms with Gasteiger partial charge in [-0.25, -0.2) is 0 Å². The second-order valence-corrected chi connectivity index (χ2v) is 11.5. The molecule has 2 N–H and O–H groups in total. The summed E-state index contributed by atoms with van der Waals surface area (Å²) in [4.78, 5) is 0. The van der Waals surface area contributed by atoms with Crippen LogP contribution in [0.1, 0.15) is 20.3 Å². The van der Waals surface area contributed by atoms with E-state index in [-0.39, 0.29) is 0 Å². The lowest BCUT2D eigenvalue weighted by molar-refractivity contribution is 0.942. The van der Waals surface area contributed by atoms with Gasteiger partial charge in [0.25, 0.3) is 0 Å². The van der Waals surface area contributed by atoms with Crippen LogP contribution in [0.4, 0.5) is 0 Å². The Kier molecular flexibility index (Phi) is 7.18. The van der Waals surface area contributed by atoms with Crippen molar-refractivity contribution in [3.63, 3.8) is 0 Å². The second-order valence-electron chi connectivity index (χ2n) is 4.65. The van der Waals surface area contributed by atoms with Gasteiger partial charge in [-0.05, 0) is 30.5 Å². The van der Waals surface area contributed by atoms with Crippen molar-refractivity contribution in [2.24, 2.45) is 5.73 Å². The van der Waals surface area contributed by atoms with Crippen LogP contribution < -0.4 is 5.73 Å². The maximum absolute atomic E-state index is 5.44. The molecule has 0 heterocycles. The smallest absolute Gasteiger partial charge is 0.0507 e. The highest BCUT2D eigenvalue weighted by Crippen LogP contribution is 2.26. The first kappa shape index (κ1) is 13.5. The van der Waals surface area contributed by atoms with Crippen LogP contribution in [0.15, 0.2) is 0 Å². The Balaban J connectivity index is 3.41. The summed E-state index contributed by atoms with van der Waals surface area (Å²) in [5, 5.41) is 0. The Bertz CT molecular complexity index is 126. The first-order valence-electron chi connectivity index (χ1n) is 5.28. The molecule has 0 rings (SSSR count). The number of nitrogens with two attached hydrogens (primary N) is 1. The van der Waals surface area contributed by atoms with Crippen LogP contribution in [-0.2, 0) is 0 Å². The first-order chi connectivity index (χ1) is 6.00. The molecule has 0 fully saturated rings. The Morgan fingerprint density at radius 3 is 2.31 bits per heavy atom. The SMILES string of the molecule is CC(C)[Si](C)(C)CCSCCCN. The monoisotopic (exact) mass is 219 g/mol. The molecule has 0 unspecified atom stereocenters. The van der Waals surface area contributed by atoms with Crippen LogP contribution >= 0.6 is 11.8 Å². The average Bonchev–Trinajstić information content (AvgIpc) is 2.03. The molecule has 0 atom stereocenters. The third kappa shape index (κ3) is 6.58. The Labute approximate surface area is 88.9 Å². The highest BCUT2D eigenvalue weighted by Gasteiger charge is 2.23. The van der Waals surface area contributed by atoms with Gasteiger partial charge in [-0.2, -0.15) is 11.8 Å². The van der Waals surface area contributed by atoms with E-state index in [1.54, 1.807) is 0 Å². The lowest BCUT2D eigenvalue weighted by Crippen LogP contribution is -2.29. The van der Waals surface area contributed by atoms with E-state index in [9.17, 15) is 0 Å². The average molecular weight is 219 g/mol. The summed E-state index contributed by atoms with van der Waals surface area (Å²) in [7, 11) is -0.893. The number of thioether (sulfide) groups is 1. The number of rotatable bonds is 7. The summed E-state index contributed by atoms with van der Waals surface area (Å²) in [6, 6.07) is 1.46. The van der Waals surface area contributed by atoms with Crippen molar-refractivity contribution in [2.45, 2.75) is 44.9 Å². The molecular weight excluding hydrogens is 194 g/mol. The summed E-state index contributed by atoms with van der Waals surface area (Å²) in [6.07, 6.45) is 1.17. The van der Waals surface area contributed by atoms with Crippen LogP contribution in [0.3, 0.4) is 0 Å². The van der Waals surface area contributed by atoms with Gasteiger partial charge < -0.3 is 5.73 Å². The predicted molar refractivity (Wildman–Crippen MR) is 68.4 cm³/mol. The van der Waals surface area contributed by atoms with E-state index >= 15 is 0 Å². The molecule has 0 saturated carbocycles. The van der Waals surface area contributed by atoms with E-state index in [0.717, 1.165) is 12.1 Å². The minimum Gasteiger partial charge on any atom is -0.330 e. The molecule has 0 spiro atoms. The zero-order valence-electron chi connectivity index (χ0n) is 9.60. The molecular formula is C10H25NSSi. The van der Waals surface area contributed by atoms with Crippen LogP contribution in [0, 0.1) is 0 Å². The quantitative estimate of drug-likeness (QED) is 0.526. The Morgan fingerprint density at radius 1 is 1.23 bits per heavy atom. The normalized spacial score (nSPS) is 12.5. The summed E-state index contributed by atoms with van der Waals surface area (Å²) >= 11 is 2.08. The first-order valence-corrected chi connectivity index (χ1v) is 9.72. The zero-order valence-corrected chi connectivity index (χ0v) is 11.4. The molecule has 0 aromatic rings. The van der Waals surface area contributed by atoms with Crippen LogP contribution in [0.25, 0.3) is 0 Å². The highest BCUT2D eigenvalue weighted by atomic mass is 32.2.